The molecule has 0 saturated carbocycles. The molecular weight excluding hydrogens is 492 g/mol. The molecule has 0 unspecified atom stereocenters. The lowest BCUT2D eigenvalue weighted by molar-refractivity contribution is 0.460. The van der Waals surface area contributed by atoms with Gasteiger partial charge in [-0.2, -0.15) is 0 Å². The molecule has 9 heteroatoms. The van der Waals surface area contributed by atoms with E-state index in [1.54, 1.807) is 36.7 Å². The number of nitrogens with one attached hydrogen (secondary N) is 2. The maximum absolute atomic E-state index is 13.0. The molecule has 2 heterocycles. The number of halogens is 2. The number of hydrogen-bond donors (Lipinski definition) is 2. The van der Waals surface area contributed by atoms with Crippen LogP contribution in [0.2, 0.25) is 0 Å². The van der Waals surface area contributed by atoms with Gasteiger partial charge in [-0.3, -0.25) is 4.99 Å². The molecule has 2 aromatic heterocycles. The summed E-state index contributed by atoms with van der Waals surface area (Å²) in [5, 5.41) is 7.49. The lowest BCUT2D eigenvalue weighted by atomic mass is 10.2. The van der Waals surface area contributed by atoms with Gasteiger partial charge >= 0.3 is 0 Å². The summed E-state index contributed by atoms with van der Waals surface area (Å²) >= 11 is 1.65. The van der Waals surface area contributed by atoms with Gasteiger partial charge in [-0.05, 0) is 42.8 Å². The van der Waals surface area contributed by atoms with Gasteiger partial charge in [-0.1, -0.05) is 0 Å². The average Bonchev–Trinajstić information content (AvgIpc) is 3.09. The van der Waals surface area contributed by atoms with E-state index in [1.807, 2.05) is 25.3 Å². The summed E-state index contributed by atoms with van der Waals surface area (Å²) in [6.07, 6.45) is 3.53. The molecular formula is C19H21FIN5OS. The van der Waals surface area contributed by atoms with Crippen molar-refractivity contribution in [3.05, 3.63) is 70.1 Å². The number of thiazole rings is 1. The van der Waals surface area contributed by atoms with Crippen LogP contribution in [0.4, 0.5) is 4.39 Å². The number of aryl methyl sites for hydroxylation is 1. The first kappa shape index (κ1) is 22.0. The molecule has 0 aliphatic carbocycles. The van der Waals surface area contributed by atoms with Crippen LogP contribution in [0.15, 0.2) is 53.8 Å². The zero-order valence-electron chi connectivity index (χ0n) is 15.5. The number of nitrogens with zero attached hydrogens (tertiary/aromatic N) is 3. The number of hydrogen-bond acceptors (Lipinski definition) is 5. The topological polar surface area (TPSA) is 71.4 Å². The van der Waals surface area contributed by atoms with Crippen LogP contribution in [-0.2, 0) is 13.1 Å². The van der Waals surface area contributed by atoms with E-state index >= 15 is 0 Å². The van der Waals surface area contributed by atoms with Crippen molar-refractivity contribution in [2.45, 2.75) is 20.0 Å². The molecule has 6 nitrogen and oxygen atoms in total. The predicted molar refractivity (Wildman–Crippen MR) is 120 cm³/mol. The van der Waals surface area contributed by atoms with Crippen LogP contribution in [0, 0.1) is 12.7 Å². The molecule has 0 fully saturated rings. The largest absolute Gasteiger partial charge is 0.439 e. The Morgan fingerprint density at radius 1 is 1.14 bits per heavy atom. The second-order valence-corrected chi connectivity index (χ2v) is 7.02. The molecule has 28 heavy (non-hydrogen) atoms. The summed E-state index contributed by atoms with van der Waals surface area (Å²) in [5.41, 5.74) is 0.982. The minimum absolute atomic E-state index is 0. The Morgan fingerprint density at radius 2 is 1.89 bits per heavy atom. The van der Waals surface area contributed by atoms with Gasteiger partial charge in [0, 0.05) is 36.9 Å². The standard InChI is InChI=1S/C19H20FN5OS.HI/c1-13-10-23-18(27-13)12-25-19(21-2)24-11-14-7-8-22-17(9-14)26-16-5-3-15(20)4-6-16;/h3-10H,11-12H2,1-2H3,(H2,21,24,25);1H. The Balaban J connectivity index is 0.00000280. The van der Waals surface area contributed by atoms with Crippen molar-refractivity contribution >= 4 is 41.3 Å². The fourth-order valence-corrected chi connectivity index (χ4v) is 3.02. The monoisotopic (exact) mass is 513 g/mol. The van der Waals surface area contributed by atoms with Gasteiger partial charge in [0.25, 0.3) is 0 Å². The number of guanidine groups is 1. The van der Waals surface area contributed by atoms with E-state index in [0.717, 1.165) is 10.6 Å². The maximum atomic E-state index is 13.0. The lowest BCUT2D eigenvalue weighted by Crippen LogP contribution is -2.36. The van der Waals surface area contributed by atoms with Gasteiger partial charge < -0.3 is 15.4 Å². The number of aliphatic imine (C=N–C) groups is 1. The summed E-state index contributed by atoms with van der Waals surface area (Å²) < 4.78 is 18.6. The normalized spacial score (nSPS) is 10.9. The number of rotatable bonds is 6. The molecule has 0 saturated heterocycles. The average molecular weight is 513 g/mol. The molecule has 0 aliphatic heterocycles. The summed E-state index contributed by atoms with van der Waals surface area (Å²) in [7, 11) is 1.72. The second kappa shape index (κ2) is 10.9. The zero-order valence-corrected chi connectivity index (χ0v) is 18.6. The van der Waals surface area contributed by atoms with Gasteiger partial charge in [0.05, 0.1) is 6.54 Å². The van der Waals surface area contributed by atoms with E-state index in [9.17, 15) is 4.39 Å². The highest BCUT2D eigenvalue weighted by Gasteiger charge is 2.04. The van der Waals surface area contributed by atoms with Crippen LogP contribution in [0.3, 0.4) is 0 Å². The van der Waals surface area contributed by atoms with Crippen LogP contribution in [-0.4, -0.2) is 23.0 Å². The maximum Gasteiger partial charge on any atom is 0.219 e. The lowest BCUT2D eigenvalue weighted by Gasteiger charge is -2.11. The van der Waals surface area contributed by atoms with Crippen molar-refractivity contribution in [2.75, 3.05) is 7.05 Å². The molecule has 0 aliphatic rings. The van der Waals surface area contributed by atoms with Gasteiger partial charge in [0.15, 0.2) is 5.96 Å². The zero-order chi connectivity index (χ0) is 19.1. The highest BCUT2D eigenvalue weighted by molar-refractivity contribution is 14.0. The van der Waals surface area contributed by atoms with E-state index in [0.29, 0.717) is 30.7 Å². The van der Waals surface area contributed by atoms with Crippen molar-refractivity contribution in [2.24, 2.45) is 4.99 Å². The van der Waals surface area contributed by atoms with E-state index < -0.39 is 0 Å². The quantitative estimate of drug-likeness (QED) is 0.293. The van der Waals surface area contributed by atoms with Crippen molar-refractivity contribution in [1.29, 1.82) is 0 Å². The van der Waals surface area contributed by atoms with Gasteiger partial charge in [0.1, 0.15) is 16.6 Å². The van der Waals surface area contributed by atoms with Crippen molar-refractivity contribution < 1.29 is 9.13 Å². The molecule has 0 bridgehead atoms. The van der Waals surface area contributed by atoms with E-state index in [4.69, 9.17) is 4.74 Å². The Morgan fingerprint density at radius 3 is 2.57 bits per heavy atom. The number of pyridine rings is 1. The Kier molecular flexibility index (Phi) is 8.58. The van der Waals surface area contributed by atoms with Crippen molar-refractivity contribution in [1.82, 2.24) is 20.6 Å². The Labute approximate surface area is 184 Å². The fraction of sp³-hybridized carbons (Fsp3) is 0.211. The van der Waals surface area contributed by atoms with Crippen molar-refractivity contribution in [3.63, 3.8) is 0 Å². The summed E-state index contributed by atoms with van der Waals surface area (Å²) in [5.74, 6) is 1.35. The van der Waals surface area contributed by atoms with Crippen LogP contribution in [0.5, 0.6) is 11.6 Å². The van der Waals surface area contributed by atoms with Crippen LogP contribution < -0.4 is 15.4 Å². The first-order chi connectivity index (χ1) is 13.1. The first-order valence-corrected chi connectivity index (χ1v) is 9.18. The van der Waals surface area contributed by atoms with Crippen LogP contribution >= 0.6 is 35.3 Å². The number of ether oxygens (including phenoxy) is 1. The highest BCUT2D eigenvalue weighted by Crippen LogP contribution is 2.20. The van der Waals surface area contributed by atoms with Gasteiger partial charge in [-0.25, -0.2) is 14.4 Å². The molecule has 3 aromatic rings. The van der Waals surface area contributed by atoms with Crippen LogP contribution in [0.25, 0.3) is 0 Å². The molecule has 0 radical (unpaired) electrons. The number of aromatic nitrogens is 2. The van der Waals surface area contributed by atoms with Crippen LogP contribution in [0.1, 0.15) is 15.4 Å². The highest BCUT2D eigenvalue weighted by atomic mass is 127. The van der Waals surface area contributed by atoms with E-state index in [1.165, 1.54) is 17.0 Å². The molecule has 0 amide bonds. The molecule has 2 N–H and O–H groups in total. The Hall–Kier alpha value is -2.27. The molecule has 3 rings (SSSR count). The third-order valence-corrected chi connectivity index (χ3v) is 4.51. The van der Waals surface area contributed by atoms with E-state index in [2.05, 4.69) is 25.6 Å². The third kappa shape index (κ3) is 6.71. The first-order valence-electron chi connectivity index (χ1n) is 8.36. The van der Waals surface area contributed by atoms with E-state index in [-0.39, 0.29) is 29.8 Å². The smallest absolute Gasteiger partial charge is 0.219 e. The molecule has 0 spiro atoms. The summed E-state index contributed by atoms with van der Waals surface area (Å²) in [4.78, 5) is 13.9. The van der Waals surface area contributed by atoms with Crippen molar-refractivity contribution in [3.8, 4) is 11.6 Å². The SMILES string of the molecule is CN=C(NCc1ccnc(Oc2ccc(F)cc2)c1)NCc1ncc(C)s1.I. The predicted octanol–water partition coefficient (Wildman–Crippen LogP) is 4.26. The Bertz CT molecular complexity index is 917. The molecule has 0 atom stereocenters. The van der Waals surface area contributed by atoms with Gasteiger partial charge in [0.2, 0.25) is 5.88 Å². The number of benzene rings is 1. The summed E-state index contributed by atoms with van der Waals surface area (Å²) in [6, 6.07) is 9.54. The summed E-state index contributed by atoms with van der Waals surface area (Å²) in [6.45, 7) is 3.20. The minimum atomic E-state index is -0.306. The third-order valence-electron chi connectivity index (χ3n) is 3.60. The minimum Gasteiger partial charge on any atom is -0.439 e. The van der Waals surface area contributed by atoms with Gasteiger partial charge in [-0.15, -0.1) is 35.3 Å². The second-order valence-electron chi connectivity index (χ2n) is 5.70. The fourth-order valence-electron chi connectivity index (χ4n) is 2.29. The molecule has 148 valence electrons. The molecule has 1 aromatic carbocycles.